The van der Waals surface area contributed by atoms with E-state index in [1.165, 1.54) is 34.8 Å². The van der Waals surface area contributed by atoms with Crippen molar-refractivity contribution in [2.75, 3.05) is 31.5 Å². The highest BCUT2D eigenvalue weighted by Crippen LogP contribution is 2.30. The van der Waals surface area contributed by atoms with Crippen LogP contribution in [0.2, 0.25) is 0 Å². The zero-order valence-electron chi connectivity index (χ0n) is 18.2. The molecule has 2 N–H and O–H groups in total. The number of nitrogens with zero attached hydrogens (tertiary/aromatic N) is 3. The number of hydrogen-bond donors (Lipinski definition) is 2. The molecule has 0 saturated carbocycles. The first-order chi connectivity index (χ1) is 16.6. The van der Waals surface area contributed by atoms with Crippen molar-refractivity contribution < 1.29 is 30.7 Å². The number of hydrogen-bond acceptors (Lipinski definition) is 7. The Labute approximate surface area is 199 Å². The number of halogens is 4. The van der Waals surface area contributed by atoms with Gasteiger partial charge in [-0.25, -0.2) is 18.4 Å². The summed E-state index contributed by atoms with van der Waals surface area (Å²) in [5, 5.41) is 5.91. The van der Waals surface area contributed by atoms with Crippen molar-refractivity contribution in [3.05, 3.63) is 60.8 Å². The minimum absolute atomic E-state index is 0.0793. The molecule has 1 saturated heterocycles. The van der Waals surface area contributed by atoms with E-state index in [2.05, 4.69) is 25.3 Å². The number of aromatic nitrogens is 2. The molecule has 13 heteroatoms. The fourth-order valence-electron chi connectivity index (χ4n) is 3.40. The first-order valence-corrected chi connectivity index (χ1v) is 12.0. The summed E-state index contributed by atoms with van der Waals surface area (Å²) in [5.41, 5.74) is 1.16. The highest BCUT2D eigenvalue weighted by atomic mass is 32.2. The van der Waals surface area contributed by atoms with Crippen LogP contribution in [0.25, 0.3) is 11.3 Å². The summed E-state index contributed by atoms with van der Waals surface area (Å²) < 4.78 is 82.7. The Morgan fingerprint density at radius 2 is 1.80 bits per heavy atom. The van der Waals surface area contributed by atoms with Crippen molar-refractivity contribution in [2.24, 2.45) is 0 Å². The molecule has 1 aliphatic rings. The van der Waals surface area contributed by atoms with Gasteiger partial charge in [-0.05, 0) is 30.3 Å². The van der Waals surface area contributed by atoms with Gasteiger partial charge in [0.25, 0.3) is 0 Å². The molecular weight excluding hydrogens is 490 g/mol. The zero-order chi connectivity index (χ0) is 25.1. The van der Waals surface area contributed by atoms with Crippen LogP contribution in [-0.4, -0.2) is 61.4 Å². The summed E-state index contributed by atoms with van der Waals surface area (Å²) in [6.07, 6.45) is -7.18. The third-order valence-corrected chi connectivity index (χ3v) is 6.99. The van der Waals surface area contributed by atoms with Gasteiger partial charge in [0.1, 0.15) is 5.75 Å². The van der Waals surface area contributed by atoms with Gasteiger partial charge >= 0.3 is 12.5 Å². The van der Waals surface area contributed by atoms with E-state index >= 15 is 0 Å². The maximum absolute atomic E-state index is 13.2. The van der Waals surface area contributed by atoms with Gasteiger partial charge in [-0.3, -0.25) is 0 Å². The van der Waals surface area contributed by atoms with Crippen molar-refractivity contribution >= 4 is 21.7 Å². The highest BCUT2D eigenvalue weighted by molar-refractivity contribution is 7.89. The Balaban J connectivity index is 1.55. The lowest BCUT2D eigenvalue weighted by Gasteiger charge is -2.26. The van der Waals surface area contributed by atoms with Crippen LogP contribution < -0.4 is 15.4 Å². The summed E-state index contributed by atoms with van der Waals surface area (Å²) in [6.45, 7) is 1.90. The van der Waals surface area contributed by atoms with Gasteiger partial charge in [-0.2, -0.15) is 21.9 Å². The second-order valence-corrected chi connectivity index (χ2v) is 9.50. The SMILES string of the molecule is O=S(=O)(c1cccc(-c2ccnc(Nc3cccc(OC(F)(F)C(F)F)c3)n2)c1)N1CCNCC1. The van der Waals surface area contributed by atoms with E-state index in [1.54, 1.807) is 18.2 Å². The van der Waals surface area contributed by atoms with Crippen molar-refractivity contribution in [1.29, 1.82) is 0 Å². The monoisotopic (exact) mass is 511 g/mol. The van der Waals surface area contributed by atoms with Gasteiger partial charge in [0, 0.05) is 49.7 Å². The van der Waals surface area contributed by atoms with Crippen molar-refractivity contribution in [2.45, 2.75) is 17.4 Å². The minimum atomic E-state index is -4.63. The third kappa shape index (κ3) is 5.86. The van der Waals surface area contributed by atoms with E-state index in [4.69, 9.17) is 0 Å². The Bertz CT molecular complexity index is 1290. The number of benzene rings is 2. The van der Waals surface area contributed by atoms with E-state index in [-0.39, 0.29) is 16.5 Å². The molecule has 186 valence electrons. The molecule has 1 aliphatic heterocycles. The number of sulfonamides is 1. The lowest BCUT2D eigenvalue weighted by molar-refractivity contribution is -0.253. The molecule has 3 aromatic rings. The second-order valence-electron chi connectivity index (χ2n) is 7.56. The Kier molecular flexibility index (Phi) is 7.19. The van der Waals surface area contributed by atoms with Crippen LogP contribution in [0, 0.1) is 0 Å². The molecule has 1 fully saturated rings. The maximum atomic E-state index is 13.2. The first-order valence-electron chi connectivity index (χ1n) is 10.5. The maximum Gasteiger partial charge on any atom is 0.461 e. The molecule has 0 spiro atoms. The molecule has 1 aromatic heterocycles. The standard InChI is InChI=1S/C22H21F4N5O3S/c23-20(24)22(25,26)34-17-5-2-4-16(14-17)29-21-28-8-7-19(30-21)15-3-1-6-18(13-15)35(32,33)31-11-9-27-10-12-31/h1-8,13-14,20,27H,9-12H2,(H,28,29,30). The van der Waals surface area contributed by atoms with Gasteiger partial charge in [0.2, 0.25) is 16.0 Å². The molecule has 8 nitrogen and oxygen atoms in total. The van der Waals surface area contributed by atoms with Gasteiger partial charge in [0.05, 0.1) is 10.6 Å². The predicted molar refractivity (Wildman–Crippen MR) is 120 cm³/mol. The summed E-state index contributed by atoms with van der Waals surface area (Å²) in [6, 6.07) is 13.0. The van der Waals surface area contributed by atoms with Crippen LogP contribution in [0.5, 0.6) is 5.75 Å². The molecule has 0 unspecified atom stereocenters. The predicted octanol–water partition coefficient (Wildman–Crippen LogP) is 3.72. The van der Waals surface area contributed by atoms with Crippen molar-refractivity contribution in [3.63, 3.8) is 0 Å². The molecule has 0 atom stereocenters. The summed E-state index contributed by atoms with van der Waals surface area (Å²) in [7, 11) is -3.67. The smallest absolute Gasteiger partial charge is 0.428 e. The second kappa shape index (κ2) is 10.1. The van der Waals surface area contributed by atoms with E-state index in [1.807, 2.05) is 0 Å². The Morgan fingerprint density at radius 3 is 2.54 bits per heavy atom. The van der Waals surface area contributed by atoms with E-state index < -0.39 is 28.3 Å². The van der Waals surface area contributed by atoms with Crippen LogP contribution in [0.15, 0.2) is 65.7 Å². The van der Waals surface area contributed by atoms with Crippen LogP contribution in [0.4, 0.5) is 29.2 Å². The van der Waals surface area contributed by atoms with Crippen molar-refractivity contribution in [1.82, 2.24) is 19.6 Å². The molecule has 0 amide bonds. The Morgan fingerprint density at radius 1 is 1.06 bits per heavy atom. The fourth-order valence-corrected chi connectivity index (χ4v) is 4.89. The minimum Gasteiger partial charge on any atom is -0.428 e. The molecule has 4 rings (SSSR count). The van der Waals surface area contributed by atoms with E-state index in [9.17, 15) is 26.0 Å². The van der Waals surface area contributed by atoms with E-state index in [0.717, 1.165) is 12.1 Å². The topological polar surface area (TPSA) is 96.5 Å². The highest BCUT2D eigenvalue weighted by Gasteiger charge is 2.44. The molecular formula is C22H21F4N5O3S. The third-order valence-electron chi connectivity index (χ3n) is 5.10. The van der Waals surface area contributed by atoms with E-state index in [0.29, 0.717) is 37.4 Å². The number of alkyl halides is 4. The normalized spacial score (nSPS) is 15.2. The first kappa shape index (κ1) is 24.8. The van der Waals surface area contributed by atoms with Crippen LogP contribution in [-0.2, 0) is 10.0 Å². The number of anilines is 2. The lowest BCUT2D eigenvalue weighted by atomic mass is 10.1. The fraction of sp³-hybridized carbons (Fsp3) is 0.273. The molecule has 0 aliphatic carbocycles. The van der Waals surface area contributed by atoms with Crippen LogP contribution in [0.3, 0.4) is 0 Å². The molecule has 0 bridgehead atoms. The summed E-state index contributed by atoms with van der Waals surface area (Å²) in [4.78, 5) is 8.56. The number of rotatable bonds is 8. The molecule has 35 heavy (non-hydrogen) atoms. The zero-order valence-corrected chi connectivity index (χ0v) is 19.0. The molecule has 2 heterocycles. The molecule has 2 aromatic carbocycles. The average molecular weight is 512 g/mol. The summed E-state index contributed by atoms with van der Waals surface area (Å²) >= 11 is 0. The van der Waals surface area contributed by atoms with Gasteiger partial charge in [-0.15, -0.1) is 0 Å². The van der Waals surface area contributed by atoms with Gasteiger partial charge < -0.3 is 15.4 Å². The van der Waals surface area contributed by atoms with Gasteiger partial charge in [-0.1, -0.05) is 18.2 Å². The van der Waals surface area contributed by atoms with Gasteiger partial charge in [0.15, 0.2) is 0 Å². The van der Waals surface area contributed by atoms with Crippen LogP contribution >= 0.6 is 0 Å². The van der Waals surface area contributed by atoms with Crippen LogP contribution in [0.1, 0.15) is 0 Å². The molecule has 0 radical (unpaired) electrons. The summed E-state index contributed by atoms with van der Waals surface area (Å²) in [5.74, 6) is -0.391. The lowest BCUT2D eigenvalue weighted by Crippen LogP contribution is -2.46. The van der Waals surface area contributed by atoms with Crippen molar-refractivity contribution in [3.8, 4) is 17.0 Å². The Hall–Kier alpha value is -3.29. The largest absolute Gasteiger partial charge is 0.461 e. The number of nitrogens with one attached hydrogen (secondary N) is 2. The number of ether oxygens (including phenoxy) is 1. The quantitative estimate of drug-likeness (QED) is 0.445. The number of piperazine rings is 1. The average Bonchev–Trinajstić information content (AvgIpc) is 2.85.